The molecule has 0 aliphatic heterocycles. The molecule has 3 nitrogen and oxygen atoms in total. The molecule has 1 aromatic carbocycles. The molecule has 0 unspecified atom stereocenters. The maximum Gasteiger partial charge on any atom is 0.161 e. The number of anilines is 1. The highest BCUT2D eigenvalue weighted by molar-refractivity contribution is 9.10. The molecule has 0 spiro atoms. The summed E-state index contributed by atoms with van der Waals surface area (Å²) in [4.78, 5) is 8.54. The number of aromatic nitrogens is 2. The van der Waals surface area contributed by atoms with Crippen molar-refractivity contribution < 1.29 is 4.39 Å². The van der Waals surface area contributed by atoms with E-state index in [1.54, 1.807) is 18.2 Å². The van der Waals surface area contributed by atoms with Crippen LogP contribution in [0.5, 0.6) is 0 Å². The van der Waals surface area contributed by atoms with Gasteiger partial charge in [0.15, 0.2) is 5.82 Å². The quantitative estimate of drug-likeness (QED) is 0.919. The second-order valence-electron chi connectivity index (χ2n) is 4.32. The van der Waals surface area contributed by atoms with E-state index in [1.165, 1.54) is 6.07 Å². The van der Waals surface area contributed by atoms with E-state index in [0.29, 0.717) is 21.7 Å². The normalized spacial score (nSPS) is 10.9. The van der Waals surface area contributed by atoms with Gasteiger partial charge in [0, 0.05) is 17.3 Å². The zero-order valence-electron chi connectivity index (χ0n) is 10.1. The van der Waals surface area contributed by atoms with Crippen LogP contribution in [-0.2, 0) is 0 Å². The maximum absolute atomic E-state index is 13.5. The largest absolute Gasteiger partial charge is 0.384 e. The number of nitrogen functional groups attached to an aromatic ring is 1. The van der Waals surface area contributed by atoms with Crippen molar-refractivity contribution in [1.29, 1.82) is 0 Å². The number of halogens is 2. The summed E-state index contributed by atoms with van der Waals surface area (Å²) < 4.78 is 13.9. The Morgan fingerprint density at radius 1 is 1.22 bits per heavy atom. The van der Waals surface area contributed by atoms with Gasteiger partial charge in [-0.05, 0) is 40.0 Å². The van der Waals surface area contributed by atoms with Crippen molar-refractivity contribution in [1.82, 2.24) is 9.97 Å². The van der Waals surface area contributed by atoms with Crippen LogP contribution in [0, 0.1) is 5.82 Å². The molecule has 2 N–H and O–H groups in total. The molecule has 0 aliphatic rings. The van der Waals surface area contributed by atoms with E-state index in [0.717, 1.165) is 5.69 Å². The van der Waals surface area contributed by atoms with Gasteiger partial charge in [-0.25, -0.2) is 14.4 Å². The zero-order valence-corrected chi connectivity index (χ0v) is 11.7. The fraction of sp³-hybridized carbons (Fsp3) is 0.231. The predicted molar refractivity (Wildman–Crippen MR) is 73.6 cm³/mol. The Labute approximate surface area is 113 Å². The first kappa shape index (κ1) is 13.0. The predicted octanol–water partition coefficient (Wildman–Crippen LogP) is 3.75. The number of hydrogen-bond donors (Lipinski definition) is 1. The van der Waals surface area contributed by atoms with Crippen LogP contribution in [0.3, 0.4) is 0 Å². The second kappa shape index (κ2) is 5.02. The fourth-order valence-corrected chi connectivity index (χ4v) is 1.79. The lowest BCUT2D eigenvalue weighted by molar-refractivity contribution is 0.621. The van der Waals surface area contributed by atoms with Crippen molar-refractivity contribution in [3.05, 3.63) is 40.2 Å². The molecule has 1 heterocycles. The molecule has 1 aromatic heterocycles. The molecule has 0 fully saturated rings. The van der Waals surface area contributed by atoms with Gasteiger partial charge in [-0.1, -0.05) is 13.8 Å². The first-order valence-corrected chi connectivity index (χ1v) is 6.36. The summed E-state index contributed by atoms with van der Waals surface area (Å²) in [5.41, 5.74) is 7.21. The molecule has 0 radical (unpaired) electrons. The highest BCUT2D eigenvalue weighted by Gasteiger charge is 2.10. The van der Waals surface area contributed by atoms with E-state index < -0.39 is 0 Å². The molecule has 0 saturated carbocycles. The summed E-state index contributed by atoms with van der Waals surface area (Å²) in [6, 6.07) is 6.52. The fourth-order valence-electron chi connectivity index (χ4n) is 1.55. The van der Waals surface area contributed by atoms with Crippen LogP contribution in [0.4, 0.5) is 10.2 Å². The highest BCUT2D eigenvalue weighted by Crippen LogP contribution is 2.24. The summed E-state index contributed by atoms with van der Waals surface area (Å²) in [6.07, 6.45) is 0. The summed E-state index contributed by atoms with van der Waals surface area (Å²) in [5, 5.41) is 0. The van der Waals surface area contributed by atoms with Crippen molar-refractivity contribution in [3.8, 4) is 11.4 Å². The monoisotopic (exact) mass is 309 g/mol. The van der Waals surface area contributed by atoms with Crippen molar-refractivity contribution in [3.63, 3.8) is 0 Å². The molecule has 0 aliphatic carbocycles. The Bertz CT molecular complexity index is 584. The van der Waals surface area contributed by atoms with Crippen molar-refractivity contribution in [2.24, 2.45) is 0 Å². The Kier molecular flexibility index (Phi) is 3.61. The van der Waals surface area contributed by atoms with E-state index in [2.05, 4.69) is 25.9 Å². The van der Waals surface area contributed by atoms with E-state index in [4.69, 9.17) is 5.73 Å². The van der Waals surface area contributed by atoms with Crippen LogP contribution in [0.1, 0.15) is 25.5 Å². The molecule has 0 bridgehead atoms. The van der Waals surface area contributed by atoms with Gasteiger partial charge in [-0.3, -0.25) is 0 Å². The van der Waals surface area contributed by atoms with E-state index in [1.807, 2.05) is 13.8 Å². The summed E-state index contributed by atoms with van der Waals surface area (Å²) >= 11 is 3.11. The maximum atomic E-state index is 13.5. The topological polar surface area (TPSA) is 51.8 Å². The van der Waals surface area contributed by atoms with E-state index >= 15 is 0 Å². The molecular weight excluding hydrogens is 297 g/mol. The number of nitrogens with zero attached hydrogens (tertiary/aromatic N) is 2. The first-order valence-electron chi connectivity index (χ1n) is 5.57. The van der Waals surface area contributed by atoms with Crippen LogP contribution >= 0.6 is 15.9 Å². The Hall–Kier alpha value is -1.49. The molecule has 0 saturated heterocycles. The SMILES string of the molecule is CC(C)c1cc(N)nc(-c2ccc(Br)c(F)c2)n1. The van der Waals surface area contributed by atoms with Gasteiger partial charge in [-0.15, -0.1) is 0 Å². The standard InChI is InChI=1S/C13H13BrFN3/c1-7(2)11-6-12(16)18-13(17-11)8-3-4-9(14)10(15)5-8/h3-7H,1-2H3,(H2,16,17,18). The van der Waals surface area contributed by atoms with E-state index in [9.17, 15) is 4.39 Å². The Morgan fingerprint density at radius 3 is 2.56 bits per heavy atom. The number of hydrogen-bond acceptors (Lipinski definition) is 3. The van der Waals surface area contributed by atoms with Gasteiger partial charge in [0.05, 0.1) is 4.47 Å². The van der Waals surface area contributed by atoms with Gasteiger partial charge in [0.2, 0.25) is 0 Å². The minimum Gasteiger partial charge on any atom is -0.384 e. The molecule has 2 rings (SSSR count). The lowest BCUT2D eigenvalue weighted by Crippen LogP contribution is -2.01. The van der Waals surface area contributed by atoms with Gasteiger partial charge in [-0.2, -0.15) is 0 Å². The average molecular weight is 310 g/mol. The van der Waals surface area contributed by atoms with Crippen LogP contribution in [-0.4, -0.2) is 9.97 Å². The second-order valence-corrected chi connectivity index (χ2v) is 5.18. The third-order valence-electron chi connectivity index (χ3n) is 2.54. The van der Waals surface area contributed by atoms with Gasteiger partial charge >= 0.3 is 0 Å². The molecule has 0 amide bonds. The number of benzene rings is 1. The van der Waals surface area contributed by atoms with Crippen molar-refractivity contribution in [2.45, 2.75) is 19.8 Å². The highest BCUT2D eigenvalue weighted by atomic mass is 79.9. The van der Waals surface area contributed by atoms with Crippen LogP contribution in [0.2, 0.25) is 0 Å². The molecule has 94 valence electrons. The minimum atomic E-state index is -0.343. The van der Waals surface area contributed by atoms with E-state index in [-0.39, 0.29) is 11.7 Å². The van der Waals surface area contributed by atoms with Gasteiger partial charge in [0.1, 0.15) is 11.6 Å². The van der Waals surface area contributed by atoms with Crippen molar-refractivity contribution >= 4 is 21.7 Å². The lowest BCUT2D eigenvalue weighted by atomic mass is 10.1. The smallest absolute Gasteiger partial charge is 0.161 e. The molecule has 2 aromatic rings. The summed E-state index contributed by atoms with van der Waals surface area (Å²) in [6.45, 7) is 4.04. The molecule has 0 atom stereocenters. The average Bonchev–Trinajstić information content (AvgIpc) is 2.31. The van der Waals surface area contributed by atoms with Crippen LogP contribution in [0.15, 0.2) is 28.7 Å². The zero-order chi connectivity index (χ0) is 13.3. The third-order valence-corrected chi connectivity index (χ3v) is 3.18. The lowest BCUT2D eigenvalue weighted by Gasteiger charge is -2.08. The summed E-state index contributed by atoms with van der Waals surface area (Å²) in [5.74, 6) is 0.746. The van der Waals surface area contributed by atoms with Crippen molar-refractivity contribution in [2.75, 3.05) is 5.73 Å². The van der Waals surface area contributed by atoms with Crippen LogP contribution < -0.4 is 5.73 Å². The summed E-state index contributed by atoms with van der Waals surface area (Å²) in [7, 11) is 0. The molecule has 18 heavy (non-hydrogen) atoms. The van der Waals surface area contributed by atoms with Crippen LogP contribution in [0.25, 0.3) is 11.4 Å². The Balaban J connectivity index is 2.53. The number of rotatable bonds is 2. The first-order chi connectivity index (χ1) is 8.47. The third kappa shape index (κ3) is 2.67. The van der Waals surface area contributed by atoms with Gasteiger partial charge in [0.25, 0.3) is 0 Å². The minimum absolute atomic E-state index is 0.245. The number of nitrogens with two attached hydrogens (primary N) is 1. The Morgan fingerprint density at radius 2 is 1.94 bits per heavy atom. The molecule has 5 heteroatoms. The molecular formula is C13H13BrFN3. The van der Waals surface area contributed by atoms with Gasteiger partial charge < -0.3 is 5.73 Å².